The van der Waals surface area contributed by atoms with Gasteiger partial charge in [-0.3, -0.25) is 14.4 Å². The van der Waals surface area contributed by atoms with Crippen molar-refractivity contribution in [2.45, 2.75) is 39.7 Å². The Kier molecular flexibility index (Phi) is 7.75. The molecule has 0 aromatic heterocycles. The first kappa shape index (κ1) is 21.2. The van der Waals surface area contributed by atoms with Crippen LogP contribution < -0.4 is 15.4 Å². The van der Waals surface area contributed by atoms with Gasteiger partial charge in [0.25, 0.3) is 5.91 Å². The molecule has 148 valence electrons. The van der Waals surface area contributed by atoms with Crippen molar-refractivity contribution in [1.29, 1.82) is 0 Å². The van der Waals surface area contributed by atoms with Crippen molar-refractivity contribution < 1.29 is 19.1 Å². The van der Waals surface area contributed by atoms with Gasteiger partial charge < -0.3 is 15.4 Å². The standard InChI is InChI=1S/C22H26N2O4/c1-15(9-10-18-7-5-4-6-8-18)23-22(27)14-28-21-13-19(16(2)25)11-12-20(21)24-17(3)26/h4-8,11-13,15H,9-10,14H2,1-3H3,(H,23,27)(H,24,26). The average molecular weight is 382 g/mol. The number of Topliss-reactive ketones (excluding diaryl/α,β-unsaturated/α-hetero) is 1. The molecule has 2 aromatic carbocycles. The number of hydrogen-bond donors (Lipinski definition) is 2. The molecule has 0 radical (unpaired) electrons. The fourth-order valence-electron chi connectivity index (χ4n) is 2.71. The summed E-state index contributed by atoms with van der Waals surface area (Å²) in [6.07, 6.45) is 1.68. The molecule has 0 aliphatic rings. The van der Waals surface area contributed by atoms with E-state index in [4.69, 9.17) is 4.74 Å². The Hall–Kier alpha value is -3.15. The van der Waals surface area contributed by atoms with E-state index in [0.29, 0.717) is 11.3 Å². The largest absolute Gasteiger partial charge is 0.482 e. The number of rotatable bonds is 9. The van der Waals surface area contributed by atoms with Gasteiger partial charge in [-0.1, -0.05) is 30.3 Å². The fourth-order valence-corrected chi connectivity index (χ4v) is 2.71. The normalized spacial score (nSPS) is 11.4. The lowest BCUT2D eigenvalue weighted by Crippen LogP contribution is -2.36. The lowest BCUT2D eigenvalue weighted by molar-refractivity contribution is -0.123. The minimum Gasteiger partial charge on any atom is -0.482 e. The SMILES string of the molecule is CC(=O)Nc1ccc(C(C)=O)cc1OCC(=O)NC(C)CCc1ccccc1. The number of hydrogen-bond acceptors (Lipinski definition) is 4. The van der Waals surface area contributed by atoms with Gasteiger partial charge in [-0.25, -0.2) is 0 Å². The molecule has 0 spiro atoms. The van der Waals surface area contributed by atoms with Gasteiger partial charge >= 0.3 is 0 Å². The second-order valence-corrected chi connectivity index (χ2v) is 6.73. The van der Waals surface area contributed by atoms with E-state index in [1.54, 1.807) is 12.1 Å². The van der Waals surface area contributed by atoms with E-state index >= 15 is 0 Å². The number of carbonyl (C=O) groups excluding carboxylic acids is 3. The maximum atomic E-state index is 12.2. The molecule has 2 rings (SSSR count). The van der Waals surface area contributed by atoms with Gasteiger partial charge in [0, 0.05) is 18.5 Å². The van der Waals surface area contributed by atoms with Crippen LogP contribution in [0.15, 0.2) is 48.5 Å². The summed E-state index contributed by atoms with van der Waals surface area (Å²) < 4.78 is 5.58. The molecule has 1 unspecified atom stereocenters. The van der Waals surface area contributed by atoms with Crippen molar-refractivity contribution in [3.8, 4) is 5.75 Å². The highest BCUT2D eigenvalue weighted by molar-refractivity contribution is 5.96. The van der Waals surface area contributed by atoms with E-state index in [9.17, 15) is 14.4 Å². The molecular formula is C22H26N2O4. The van der Waals surface area contributed by atoms with E-state index in [-0.39, 0.29) is 36.0 Å². The molecule has 0 saturated heterocycles. The predicted molar refractivity (Wildman–Crippen MR) is 109 cm³/mol. The highest BCUT2D eigenvalue weighted by Crippen LogP contribution is 2.26. The molecule has 0 aliphatic carbocycles. The summed E-state index contributed by atoms with van der Waals surface area (Å²) >= 11 is 0. The predicted octanol–water partition coefficient (Wildman–Crippen LogP) is 3.36. The van der Waals surface area contributed by atoms with Crippen molar-refractivity contribution >= 4 is 23.3 Å². The van der Waals surface area contributed by atoms with E-state index in [2.05, 4.69) is 22.8 Å². The number of anilines is 1. The second-order valence-electron chi connectivity index (χ2n) is 6.73. The second kappa shape index (κ2) is 10.3. The van der Waals surface area contributed by atoms with Gasteiger partial charge in [-0.05, 0) is 50.5 Å². The van der Waals surface area contributed by atoms with Crippen LogP contribution in [0.4, 0.5) is 5.69 Å². The Balaban J connectivity index is 1.90. The maximum Gasteiger partial charge on any atom is 0.258 e. The van der Waals surface area contributed by atoms with Gasteiger partial charge in [0.2, 0.25) is 5.91 Å². The number of nitrogens with one attached hydrogen (secondary N) is 2. The molecule has 2 amide bonds. The summed E-state index contributed by atoms with van der Waals surface area (Å²) in [6.45, 7) is 4.56. The molecule has 2 N–H and O–H groups in total. The van der Waals surface area contributed by atoms with Crippen LogP contribution in [0, 0.1) is 0 Å². The third-order valence-corrected chi connectivity index (χ3v) is 4.17. The Labute approximate surface area is 165 Å². The zero-order valence-electron chi connectivity index (χ0n) is 16.5. The average Bonchev–Trinajstić information content (AvgIpc) is 2.65. The molecule has 6 nitrogen and oxygen atoms in total. The molecule has 0 heterocycles. The molecule has 0 fully saturated rings. The molecular weight excluding hydrogens is 356 g/mol. The quantitative estimate of drug-likeness (QED) is 0.651. The van der Waals surface area contributed by atoms with Crippen LogP contribution in [-0.4, -0.2) is 30.2 Å². The van der Waals surface area contributed by atoms with Crippen molar-refractivity contribution in [2.24, 2.45) is 0 Å². The van der Waals surface area contributed by atoms with Crippen molar-refractivity contribution in [3.05, 3.63) is 59.7 Å². The molecule has 6 heteroatoms. The summed E-state index contributed by atoms with van der Waals surface area (Å²) in [5, 5.41) is 5.54. The van der Waals surface area contributed by atoms with Gasteiger partial charge in [0.05, 0.1) is 5.69 Å². The molecule has 1 atom stereocenters. The summed E-state index contributed by atoms with van der Waals surface area (Å²) in [5.74, 6) is -0.366. The van der Waals surface area contributed by atoms with Crippen LogP contribution >= 0.6 is 0 Å². The number of amides is 2. The number of ketones is 1. The summed E-state index contributed by atoms with van der Waals surface area (Å²) in [5.41, 5.74) is 2.09. The smallest absolute Gasteiger partial charge is 0.258 e. The van der Waals surface area contributed by atoms with E-state index in [1.807, 2.05) is 25.1 Å². The Morgan fingerprint density at radius 1 is 1.04 bits per heavy atom. The Morgan fingerprint density at radius 2 is 1.75 bits per heavy atom. The van der Waals surface area contributed by atoms with Crippen LogP contribution in [0.1, 0.15) is 43.1 Å². The third kappa shape index (κ3) is 6.87. The van der Waals surface area contributed by atoms with Crippen molar-refractivity contribution in [1.82, 2.24) is 5.32 Å². The van der Waals surface area contributed by atoms with Crippen molar-refractivity contribution in [3.63, 3.8) is 0 Å². The Bertz CT molecular complexity index is 834. The Morgan fingerprint density at radius 3 is 2.39 bits per heavy atom. The summed E-state index contributed by atoms with van der Waals surface area (Å²) in [6, 6.07) is 14.8. The molecule has 0 bridgehead atoms. The first-order chi connectivity index (χ1) is 13.3. The van der Waals surface area contributed by atoms with Crippen LogP contribution in [0.5, 0.6) is 5.75 Å². The monoisotopic (exact) mass is 382 g/mol. The first-order valence-electron chi connectivity index (χ1n) is 9.24. The van der Waals surface area contributed by atoms with E-state index in [1.165, 1.54) is 25.5 Å². The molecule has 0 saturated carbocycles. The zero-order chi connectivity index (χ0) is 20.5. The fraction of sp³-hybridized carbons (Fsp3) is 0.318. The lowest BCUT2D eigenvalue weighted by Gasteiger charge is -2.16. The molecule has 28 heavy (non-hydrogen) atoms. The van der Waals surface area contributed by atoms with Crippen LogP contribution in [0.25, 0.3) is 0 Å². The first-order valence-corrected chi connectivity index (χ1v) is 9.24. The number of carbonyl (C=O) groups is 3. The van der Waals surface area contributed by atoms with E-state index in [0.717, 1.165) is 12.8 Å². The topological polar surface area (TPSA) is 84.5 Å². The number of aryl methyl sites for hydroxylation is 1. The maximum absolute atomic E-state index is 12.2. The number of ether oxygens (including phenoxy) is 1. The highest BCUT2D eigenvalue weighted by Gasteiger charge is 2.13. The van der Waals surface area contributed by atoms with Gasteiger partial charge in [0.15, 0.2) is 12.4 Å². The zero-order valence-corrected chi connectivity index (χ0v) is 16.5. The van der Waals surface area contributed by atoms with Crippen LogP contribution in [-0.2, 0) is 16.0 Å². The molecule has 0 aliphatic heterocycles. The third-order valence-electron chi connectivity index (χ3n) is 4.17. The van der Waals surface area contributed by atoms with Crippen LogP contribution in [0.2, 0.25) is 0 Å². The summed E-state index contributed by atoms with van der Waals surface area (Å²) in [7, 11) is 0. The highest BCUT2D eigenvalue weighted by atomic mass is 16.5. The van der Waals surface area contributed by atoms with E-state index < -0.39 is 0 Å². The van der Waals surface area contributed by atoms with Crippen molar-refractivity contribution in [2.75, 3.05) is 11.9 Å². The number of benzene rings is 2. The van der Waals surface area contributed by atoms with Gasteiger partial charge in [0.1, 0.15) is 5.75 Å². The van der Waals surface area contributed by atoms with Gasteiger partial charge in [-0.15, -0.1) is 0 Å². The summed E-state index contributed by atoms with van der Waals surface area (Å²) in [4.78, 5) is 35.1. The molecule has 2 aromatic rings. The minimum atomic E-state index is -0.264. The minimum absolute atomic E-state index is 0.00493. The van der Waals surface area contributed by atoms with Crippen LogP contribution in [0.3, 0.4) is 0 Å². The van der Waals surface area contributed by atoms with Gasteiger partial charge in [-0.2, -0.15) is 0 Å². The lowest BCUT2D eigenvalue weighted by atomic mass is 10.1.